The summed E-state index contributed by atoms with van der Waals surface area (Å²) in [6, 6.07) is 2.79. The van der Waals surface area contributed by atoms with E-state index in [1.165, 1.54) is 26.2 Å². The molecule has 0 aliphatic heterocycles. The van der Waals surface area contributed by atoms with Crippen LogP contribution in [-0.4, -0.2) is 24.1 Å². The molecule has 0 spiro atoms. The molecule has 7 heteroatoms. The van der Waals surface area contributed by atoms with E-state index in [0.717, 1.165) is 0 Å². The molecule has 0 aromatic heterocycles. The maximum atomic E-state index is 11.6. The molecule has 94 valence electrons. The molecule has 0 bridgehead atoms. The molecule has 1 aromatic rings. The van der Waals surface area contributed by atoms with Gasteiger partial charge in [0.15, 0.2) is 0 Å². The summed E-state index contributed by atoms with van der Waals surface area (Å²) in [5.74, 6) is -0.657. The number of nitrogens with zero attached hydrogens (tertiary/aromatic N) is 1. The number of isothiocyanates is 1. The Labute approximate surface area is 114 Å². The highest BCUT2D eigenvalue weighted by Gasteiger charge is 2.15. The summed E-state index contributed by atoms with van der Waals surface area (Å²) >= 11 is 10.3. The molecule has 0 saturated heterocycles. The van der Waals surface area contributed by atoms with Gasteiger partial charge in [-0.2, -0.15) is 4.99 Å². The molecule has 5 nitrogen and oxygen atoms in total. The van der Waals surface area contributed by atoms with Crippen LogP contribution >= 0.6 is 23.8 Å². The van der Waals surface area contributed by atoms with E-state index in [4.69, 9.17) is 16.3 Å². The number of anilines is 1. The van der Waals surface area contributed by atoms with Gasteiger partial charge in [0.25, 0.3) is 5.91 Å². The number of benzene rings is 1. The topological polar surface area (TPSA) is 67.8 Å². The number of methoxy groups -OCH3 is 1. The van der Waals surface area contributed by atoms with E-state index in [9.17, 15) is 9.59 Å². The minimum absolute atomic E-state index is 0.147. The Hall–Kier alpha value is -1.75. The molecule has 0 unspecified atom stereocenters. The second kappa shape index (κ2) is 6.26. The summed E-state index contributed by atoms with van der Waals surface area (Å²) in [6.07, 6.45) is 0. The van der Waals surface area contributed by atoms with Crippen molar-refractivity contribution in [1.29, 1.82) is 0 Å². The number of hydrogen-bond acceptors (Lipinski definition) is 4. The minimum atomic E-state index is -0.613. The molecule has 1 N–H and O–H groups in total. The second-order valence-electron chi connectivity index (χ2n) is 3.22. The molecule has 0 heterocycles. The van der Waals surface area contributed by atoms with E-state index in [-0.39, 0.29) is 22.2 Å². The third-order valence-electron chi connectivity index (χ3n) is 1.98. The van der Waals surface area contributed by atoms with Crippen LogP contribution in [0.4, 0.5) is 5.69 Å². The Morgan fingerprint density at radius 1 is 1.50 bits per heavy atom. The van der Waals surface area contributed by atoms with Crippen molar-refractivity contribution in [2.75, 3.05) is 12.4 Å². The smallest absolute Gasteiger partial charge is 0.289 e. The monoisotopic (exact) mass is 284 g/mol. The Morgan fingerprint density at radius 3 is 2.67 bits per heavy atom. The van der Waals surface area contributed by atoms with E-state index in [1.807, 2.05) is 5.16 Å². The molecule has 1 rings (SSSR count). The molecular weight excluding hydrogens is 276 g/mol. The van der Waals surface area contributed by atoms with Gasteiger partial charge in [-0.1, -0.05) is 11.6 Å². The number of hydrogen-bond donors (Lipinski definition) is 1. The summed E-state index contributed by atoms with van der Waals surface area (Å²) in [5.41, 5.74) is 0.498. The maximum absolute atomic E-state index is 11.6. The van der Waals surface area contributed by atoms with Crippen molar-refractivity contribution >= 4 is 46.5 Å². The molecule has 0 radical (unpaired) electrons. The van der Waals surface area contributed by atoms with Gasteiger partial charge in [-0.3, -0.25) is 9.59 Å². The molecule has 2 amide bonds. The highest BCUT2D eigenvalue weighted by Crippen LogP contribution is 2.31. The fraction of sp³-hybridized carbons (Fsp3) is 0.182. The standard InChI is InChI=1S/C11H9ClN2O3S/c1-6(15)14-9-4-10(17-2)7(3-8(9)12)11(16)13-5-18/h3-4H,1-2H3,(H,14,15). The zero-order valence-corrected chi connectivity index (χ0v) is 11.2. The number of aliphatic imine (C=N–C) groups is 1. The average molecular weight is 285 g/mol. The number of amides is 2. The Balaban J connectivity index is 3.30. The van der Waals surface area contributed by atoms with Gasteiger partial charge in [0.2, 0.25) is 5.91 Å². The lowest BCUT2D eigenvalue weighted by atomic mass is 10.1. The van der Waals surface area contributed by atoms with Crippen LogP contribution in [-0.2, 0) is 4.79 Å². The molecule has 0 aliphatic rings. The van der Waals surface area contributed by atoms with Crippen LogP contribution in [0.3, 0.4) is 0 Å². The number of thiocarbonyl (C=S) groups is 1. The van der Waals surface area contributed by atoms with Crippen molar-refractivity contribution in [1.82, 2.24) is 0 Å². The SMILES string of the molecule is COc1cc(NC(C)=O)c(Cl)cc1C(=O)N=C=S. The summed E-state index contributed by atoms with van der Waals surface area (Å²) < 4.78 is 5.04. The fourth-order valence-electron chi connectivity index (χ4n) is 1.28. The first-order valence-electron chi connectivity index (χ1n) is 4.77. The molecular formula is C11H9ClN2O3S. The first-order chi connectivity index (χ1) is 8.49. The van der Waals surface area contributed by atoms with Crippen molar-refractivity contribution in [2.45, 2.75) is 6.92 Å². The third kappa shape index (κ3) is 3.37. The van der Waals surface area contributed by atoms with Gasteiger partial charge >= 0.3 is 0 Å². The molecule has 0 fully saturated rings. The van der Waals surface area contributed by atoms with Crippen molar-refractivity contribution < 1.29 is 14.3 Å². The lowest BCUT2D eigenvalue weighted by molar-refractivity contribution is -0.114. The van der Waals surface area contributed by atoms with Crippen LogP contribution in [0.25, 0.3) is 0 Å². The van der Waals surface area contributed by atoms with Crippen molar-refractivity contribution in [3.63, 3.8) is 0 Å². The Bertz CT molecular complexity index is 553. The normalized spacial score (nSPS) is 9.28. The van der Waals surface area contributed by atoms with Gasteiger partial charge in [-0.25, -0.2) is 0 Å². The van der Waals surface area contributed by atoms with E-state index in [0.29, 0.717) is 5.69 Å². The van der Waals surface area contributed by atoms with Gasteiger partial charge in [0.1, 0.15) is 5.75 Å². The number of ether oxygens (including phenoxy) is 1. The highest BCUT2D eigenvalue weighted by atomic mass is 35.5. The summed E-state index contributed by atoms with van der Waals surface area (Å²) in [5, 5.41) is 4.69. The van der Waals surface area contributed by atoms with Crippen LogP contribution in [0.5, 0.6) is 5.75 Å². The van der Waals surface area contributed by atoms with Crippen LogP contribution in [0.15, 0.2) is 17.1 Å². The maximum Gasteiger partial charge on any atom is 0.289 e. The van der Waals surface area contributed by atoms with Crippen molar-refractivity contribution in [2.24, 2.45) is 4.99 Å². The molecule has 0 atom stereocenters. The van der Waals surface area contributed by atoms with Gasteiger partial charge in [-0.05, 0) is 18.3 Å². The van der Waals surface area contributed by atoms with Crippen molar-refractivity contribution in [3.05, 3.63) is 22.7 Å². The zero-order chi connectivity index (χ0) is 13.7. The predicted octanol–water partition coefficient (Wildman–Crippen LogP) is 2.55. The number of carbonyl (C=O) groups excluding carboxylic acids is 2. The largest absolute Gasteiger partial charge is 0.496 e. The van der Waals surface area contributed by atoms with E-state index < -0.39 is 5.91 Å². The molecule has 18 heavy (non-hydrogen) atoms. The quantitative estimate of drug-likeness (QED) is 0.684. The molecule has 0 aliphatic carbocycles. The zero-order valence-electron chi connectivity index (χ0n) is 9.61. The first-order valence-corrected chi connectivity index (χ1v) is 5.55. The van der Waals surface area contributed by atoms with E-state index >= 15 is 0 Å². The third-order valence-corrected chi connectivity index (χ3v) is 2.38. The van der Waals surface area contributed by atoms with E-state index in [2.05, 4.69) is 22.5 Å². The van der Waals surface area contributed by atoms with Crippen LogP contribution < -0.4 is 10.1 Å². The Morgan fingerprint density at radius 2 is 2.17 bits per heavy atom. The van der Waals surface area contributed by atoms with Crippen LogP contribution in [0.2, 0.25) is 5.02 Å². The van der Waals surface area contributed by atoms with Gasteiger partial charge < -0.3 is 10.1 Å². The average Bonchev–Trinajstić information content (AvgIpc) is 2.31. The number of carbonyl (C=O) groups is 2. The summed E-state index contributed by atoms with van der Waals surface area (Å²) in [6.45, 7) is 1.35. The van der Waals surface area contributed by atoms with Crippen LogP contribution in [0.1, 0.15) is 17.3 Å². The molecule has 1 aromatic carbocycles. The lowest BCUT2D eigenvalue weighted by Crippen LogP contribution is -2.08. The first kappa shape index (κ1) is 14.3. The highest BCUT2D eigenvalue weighted by molar-refractivity contribution is 7.78. The van der Waals surface area contributed by atoms with Gasteiger partial charge in [0.05, 0.1) is 28.5 Å². The van der Waals surface area contributed by atoms with E-state index in [1.54, 1.807) is 0 Å². The summed E-state index contributed by atoms with van der Waals surface area (Å²) in [7, 11) is 1.39. The summed E-state index contributed by atoms with van der Waals surface area (Å²) in [4.78, 5) is 25.9. The van der Waals surface area contributed by atoms with Crippen LogP contribution in [0, 0.1) is 0 Å². The lowest BCUT2D eigenvalue weighted by Gasteiger charge is -2.10. The number of rotatable bonds is 3. The fourth-order valence-corrected chi connectivity index (χ4v) is 1.57. The molecule has 0 saturated carbocycles. The second-order valence-corrected chi connectivity index (χ2v) is 3.81. The van der Waals surface area contributed by atoms with Crippen molar-refractivity contribution in [3.8, 4) is 5.75 Å². The van der Waals surface area contributed by atoms with Gasteiger partial charge in [-0.15, -0.1) is 0 Å². The number of nitrogens with one attached hydrogen (secondary N) is 1. The minimum Gasteiger partial charge on any atom is -0.496 e. The number of halogens is 1. The Kier molecular flexibility index (Phi) is 4.97. The predicted molar refractivity (Wildman–Crippen MR) is 71.7 cm³/mol. The van der Waals surface area contributed by atoms with Gasteiger partial charge in [0, 0.05) is 13.0 Å².